The zero-order chi connectivity index (χ0) is 18.4. The van der Waals surface area contributed by atoms with Gasteiger partial charge < -0.3 is 9.64 Å². The second kappa shape index (κ2) is 8.86. The first-order valence-corrected chi connectivity index (χ1v) is 9.35. The standard InChI is InChI=1S/C22H28N2O2/c1-23(16-18-8-12-21(26-2)13-9-18)22(25)20-10-6-19(7-11-20)17-24-14-4-3-5-15-24/h6-13H,3-5,14-17H2,1-2H3. The van der Waals surface area contributed by atoms with Crippen LogP contribution in [0.1, 0.15) is 40.7 Å². The second-order valence-corrected chi connectivity index (χ2v) is 7.04. The summed E-state index contributed by atoms with van der Waals surface area (Å²) in [7, 11) is 3.49. The molecule has 0 spiro atoms. The highest BCUT2D eigenvalue weighted by atomic mass is 16.5. The first kappa shape index (κ1) is 18.5. The van der Waals surface area contributed by atoms with Crippen LogP contribution in [-0.4, -0.2) is 43.0 Å². The van der Waals surface area contributed by atoms with E-state index in [1.165, 1.54) is 37.9 Å². The molecular weight excluding hydrogens is 324 g/mol. The van der Waals surface area contributed by atoms with Gasteiger partial charge in [0.15, 0.2) is 0 Å². The van der Waals surface area contributed by atoms with Crippen molar-refractivity contribution in [2.24, 2.45) is 0 Å². The summed E-state index contributed by atoms with van der Waals surface area (Å²) in [6.45, 7) is 3.94. The predicted molar refractivity (Wildman–Crippen MR) is 104 cm³/mol. The number of benzene rings is 2. The Morgan fingerprint density at radius 2 is 1.58 bits per heavy atom. The third-order valence-electron chi connectivity index (χ3n) is 4.98. The predicted octanol–water partition coefficient (Wildman–Crippen LogP) is 3.95. The molecule has 4 heteroatoms. The fourth-order valence-electron chi connectivity index (χ4n) is 3.43. The van der Waals surface area contributed by atoms with Crippen LogP contribution in [0.2, 0.25) is 0 Å². The van der Waals surface area contributed by atoms with E-state index < -0.39 is 0 Å². The van der Waals surface area contributed by atoms with Crippen molar-refractivity contribution in [3.05, 3.63) is 65.2 Å². The van der Waals surface area contributed by atoms with Crippen LogP contribution >= 0.6 is 0 Å². The number of likely N-dealkylation sites (tertiary alicyclic amines) is 1. The number of nitrogens with zero attached hydrogens (tertiary/aromatic N) is 2. The zero-order valence-electron chi connectivity index (χ0n) is 15.8. The molecule has 138 valence electrons. The largest absolute Gasteiger partial charge is 0.497 e. The number of carbonyl (C=O) groups excluding carboxylic acids is 1. The molecule has 1 fully saturated rings. The molecule has 4 nitrogen and oxygen atoms in total. The molecule has 26 heavy (non-hydrogen) atoms. The van der Waals surface area contributed by atoms with Gasteiger partial charge in [-0.25, -0.2) is 0 Å². The van der Waals surface area contributed by atoms with E-state index >= 15 is 0 Å². The van der Waals surface area contributed by atoms with E-state index in [4.69, 9.17) is 4.74 Å². The van der Waals surface area contributed by atoms with Gasteiger partial charge in [-0.05, 0) is 61.3 Å². The van der Waals surface area contributed by atoms with Crippen molar-refractivity contribution in [2.45, 2.75) is 32.4 Å². The molecule has 0 N–H and O–H groups in total. The van der Waals surface area contributed by atoms with Gasteiger partial charge in [0, 0.05) is 25.7 Å². The molecule has 2 aromatic rings. The van der Waals surface area contributed by atoms with Gasteiger partial charge in [0.25, 0.3) is 5.91 Å². The summed E-state index contributed by atoms with van der Waals surface area (Å²) in [6.07, 6.45) is 3.95. The zero-order valence-corrected chi connectivity index (χ0v) is 15.8. The molecule has 0 atom stereocenters. The summed E-state index contributed by atoms with van der Waals surface area (Å²) in [5.74, 6) is 0.873. The van der Waals surface area contributed by atoms with Gasteiger partial charge in [-0.2, -0.15) is 0 Å². The lowest BCUT2D eigenvalue weighted by molar-refractivity contribution is 0.0785. The van der Waals surface area contributed by atoms with Crippen molar-refractivity contribution in [1.82, 2.24) is 9.80 Å². The van der Waals surface area contributed by atoms with Crippen molar-refractivity contribution >= 4 is 5.91 Å². The van der Waals surface area contributed by atoms with Crippen LogP contribution in [0.25, 0.3) is 0 Å². The highest BCUT2D eigenvalue weighted by Crippen LogP contribution is 2.16. The minimum atomic E-state index is 0.0466. The van der Waals surface area contributed by atoms with Gasteiger partial charge in [-0.15, -0.1) is 0 Å². The van der Waals surface area contributed by atoms with Crippen LogP contribution in [0.15, 0.2) is 48.5 Å². The van der Waals surface area contributed by atoms with E-state index in [1.807, 2.05) is 43.4 Å². The lowest BCUT2D eigenvalue weighted by Gasteiger charge is -2.26. The molecule has 0 aliphatic carbocycles. The second-order valence-electron chi connectivity index (χ2n) is 7.04. The Bertz CT molecular complexity index is 704. The molecule has 0 bridgehead atoms. The van der Waals surface area contributed by atoms with Crippen LogP contribution in [0.4, 0.5) is 0 Å². The van der Waals surface area contributed by atoms with E-state index in [-0.39, 0.29) is 5.91 Å². The van der Waals surface area contributed by atoms with Crippen molar-refractivity contribution in [3.63, 3.8) is 0 Å². The fourth-order valence-corrected chi connectivity index (χ4v) is 3.43. The topological polar surface area (TPSA) is 32.8 Å². The van der Waals surface area contributed by atoms with Gasteiger partial charge in [0.1, 0.15) is 5.75 Å². The Hall–Kier alpha value is -2.33. The molecule has 1 saturated heterocycles. The van der Waals surface area contributed by atoms with Crippen molar-refractivity contribution in [1.29, 1.82) is 0 Å². The van der Waals surface area contributed by atoms with Crippen LogP contribution < -0.4 is 4.74 Å². The number of hydrogen-bond donors (Lipinski definition) is 0. The molecule has 0 saturated carbocycles. The summed E-state index contributed by atoms with van der Waals surface area (Å²) in [6, 6.07) is 15.9. The highest BCUT2D eigenvalue weighted by Gasteiger charge is 2.14. The molecule has 0 radical (unpaired) electrons. The number of amides is 1. The monoisotopic (exact) mass is 352 g/mol. The maximum absolute atomic E-state index is 12.7. The third-order valence-corrected chi connectivity index (χ3v) is 4.98. The lowest BCUT2D eigenvalue weighted by Crippen LogP contribution is -2.29. The number of rotatable bonds is 6. The average Bonchev–Trinajstić information content (AvgIpc) is 2.69. The van der Waals surface area contributed by atoms with Crippen LogP contribution in [0.3, 0.4) is 0 Å². The van der Waals surface area contributed by atoms with Crippen molar-refractivity contribution in [2.75, 3.05) is 27.2 Å². The molecule has 1 aliphatic rings. The molecule has 1 amide bonds. The number of methoxy groups -OCH3 is 1. The number of hydrogen-bond acceptors (Lipinski definition) is 3. The van der Waals surface area contributed by atoms with Gasteiger partial charge in [-0.1, -0.05) is 30.7 Å². The van der Waals surface area contributed by atoms with E-state index in [0.29, 0.717) is 6.54 Å². The molecule has 0 aromatic heterocycles. The van der Waals surface area contributed by atoms with E-state index in [1.54, 1.807) is 12.0 Å². The number of carbonyl (C=O) groups is 1. The Morgan fingerprint density at radius 1 is 0.962 bits per heavy atom. The van der Waals surface area contributed by atoms with Crippen molar-refractivity contribution in [3.8, 4) is 5.75 Å². The lowest BCUT2D eigenvalue weighted by atomic mass is 10.1. The molecule has 1 heterocycles. The highest BCUT2D eigenvalue weighted by molar-refractivity contribution is 5.94. The summed E-state index contributed by atoms with van der Waals surface area (Å²) in [5, 5.41) is 0. The molecule has 2 aromatic carbocycles. The smallest absolute Gasteiger partial charge is 0.253 e. The fraction of sp³-hybridized carbons (Fsp3) is 0.409. The van der Waals surface area contributed by atoms with Gasteiger partial charge >= 0.3 is 0 Å². The minimum absolute atomic E-state index is 0.0466. The van der Waals surface area contributed by atoms with Crippen LogP contribution in [0.5, 0.6) is 5.75 Å². The van der Waals surface area contributed by atoms with E-state index in [9.17, 15) is 4.79 Å². The van der Waals surface area contributed by atoms with Crippen LogP contribution in [0, 0.1) is 0 Å². The van der Waals surface area contributed by atoms with Gasteiger partial charge in [0.05, 0.1) is 7.11 Å². The SMILES string of the molecule is COc1ccc(CN(C)C(=O)c2ccc(CN3CCCCC3)cc2)cc1. The molecule has 0 unspecified atom stereocenters. The molecule has 3 rings (SSSR count). The first-order valence-electron chi connectivity index (χ1n) is 9.35. The Balaban J connectivity index is 1.57. The van der Waals surface area contributed by atoms with Gasteiger partial charge in [-0.3, -0.25) is 9.69 Å². The van der Waals surface area contributed by atoms with Gasteiger partial charge in [0.2, 0.25) is 0 Å². The molecular formula is C22H28N2O2. The summed E-state index contributed by atoms with van der Waals surface area (Å²) >= 11 is 0. The Kier molecular flexibility index (Phi) is 6.29. The maximum atomic E-state index is 12.7. The first-order chi connectivity index (χ1) is 12.7. The van der Waals surface area contributed by atoms with Crippen LogP contribution in [-0.2, 0) is 13.1 Å². The van der Waals surface area contributed by atoms with E-state index in [2.05, 4.69) is 17.0 Å². The average molecular weight is 352 g/mol. The minimum Gasteiger partial charge on any atom is -0.497 e. The summed E-state index contributed by atoms with van der Waals surface area (Å²) in [5.41, 5.74) is 3.10. The van der Waals surface area contributed by atoms with E-state index in [0.717, 1.165) is 23.4 Å². The Morgan fingerprint density at radius 3 is 2.19 bits per heavy atom. The number of ether oxygens (including phenoxy) is 1. The van der Waals surface area contributed by atoms with Crippen molar-refractivity contribution < 1.29 is 9.53 Å². The molecule has 1 aliphatic heterocycles. The Labute approximate surface area is 156 Å². The third kappa shape index (κ3) is 4.85. The normalized spacial score (nSPS) is 14.8. The summed E-state index contributed by atoms with van der Waals surface area (Å²) < 4.78 is 5.17. The number of piperidine rings is 1. The quantitative estimate of drug-likeness (QED) is 0.789. The summed E-state index contributed by atoms with van der Waals surface area (Å²) in [4.78, 5) is 16.9. The maximum Gasteiger partial charge on any atom is 0.253 e.